The predicted molar refractivity (Wildman–Crippen MR) is 102 cm³/mol. The van der Waals surface area contributed by atoms with E-state index >= 15 is 0 Å². The Morgan fingerprint density at radius 2 is 2.17 bits per heavy atom. The first-order chi connectivity index (χ1) is 11.6. The molecule has 0 fully saturated rings. The normalized spacial score (nSPS) is 10.6. The highest BCUT2D eigenvalue weighted by molar-refractivity contribution is 7.99. The van der Waals surface area contributed by atoms with Crippen LogP contribution in [-0.4, -0.2) is 27.4 Å². The summed E-state index contributed by atoms with van der Waals surface area (Å²) in [4.78, 5) is 30.8. The number of hydrogen-bond acceptors (Lipinski definition) is 5. The van der Waals surface area contributed by atoms with Crippen molar-refractivity contribution >= 4 is 35.1 Å². The molecule has 0 spiro atoms. The van der Waals surface area contributed by atoms with E-state index in [0.717, 1.165) is 29.1 Å². The van der Waals surface area contributed by atoms with Gasteiger partial charge in [0.1, 0.15) is 0 Å². The van der Waals surface area contributed by atoms with Gasteiger partial charge in [0, 0.05) is 17.5 Å². The molecular weight excluding hydrogens is 342 g/mol. The molecule has 2 rings (SSSR count). The number of anilines is 1. The Morgan fingerprint density at radius 3 is 2.92 bits per heavy atom. The van der Waals surface area contributed by atoms with Gasteiger partial charge in [-0.05, 0) is 36.8 Å². The maximum Gasteiger partial charge on any atom is 0.251 e. The van der Waals surface area contributed by atoms with Crippen molar-refractivity contribution in [2.45, 2.75) is 31.2 Å². The highest BCUT2D eigenvalue weighted by atomic mass is 32.2. The van der Waals surface area contributed by atoms with Crippen LogP contribution in [-0.2, 0) is 10.5 Å². The Balaban J connectivity index is 1.91. The minimum Gasteiger partial charge on any atom is -0.325 e. The number of thioether (sulfide) groups is 2. The monoisotopic (exact) mass is 363 g/mol. The van der Waals surface area contributed by atoms with Crippen molar-refractivity contribution in [3.05, 3.63) is 51.9 Å². The molecule has 24 heavy (non-hydrogen) atoms. The van der Waals surface area contributed by atoms with E-state index in [1.54, 1.807) is 11.8 Å². The van der Waals surface area contributed by atoms with Crippen molar-refractivity contribution in [2.24, 2.45) is 0 Å². The number of H-pyrrole nitrogens is 1. The zero-order valence-corrected chi connectivity index (χ0v) is 15.4. The standard InChI is InChI=1S/C17H21N3O2S2/c1-3-7-23-10-14-9-15(21)20-17(19-14)24-11-16(22)18-13-6-4-5-12(2)8-13/h4-6,8-9H,3,7,10-11H2,1-2H3,(H,18,22)(H,19,20,21). The van der Waals surface area contributed by atoms with Gasteiger partial charge in [-0.25, -0.2) is 4.98 Å². The van der Waals surface area contributed by atoms with Crippen molar-refractivity contribution in [3.8, 4) is 0 Å². The highest BCUT2D eigenvalue weighted by Gasteiger charge is 2.07. The molecule has 0 saturated heterocycles. The van der Waals surface area contributed by atoms with Crippen LogP contribution in [0.15, 0.2) is 40.3 Å². The van der Waals surface area contributed by atoms with Gasteiger partial charge < -0.3 is 10.3 Å². The van der Waals surface area contributed by atoms with Crippen LogP contribution < -0.4 is 10.9 Å². The number of hydrogen-bond donors (Lipinski definition) is 2. The van der Waals surface area contributed by atoms with Gasteiger partial charge in [0.15, 0.2) is 5.16 Å². The molecule has 0 saturated carbocycles. The summed E-state index contributed by atoms with van der Waals surface area (Å²) in [6.07, 6.45) is 1.09. The van der Waals surface area contributed by atoms with Gasteiger partial charge in [-0.3, -0.25) is 9.59 Å². The van der Waals surface area contributed by atoms with E-state index in [-0.39, 0.29) is 17.2 Å². The maximum atomic E-state index is 12.0. The second-order valence-corrected chi connectivity index (χ2v) is 7.37. The smallest absolute Gasteiger partial charge is 0.251 e. The summed E-state index contributed by atoms with van der Waals surface area (Å²) < 4.78 is 0. The Hall–Kier alpha value is -1.73. The average molecular weight is 364 g/mol. The van der Waals surface area contributed by atoms with Crippen molar-refractivity contribution in [2.75, 3.05) is 16.8 Å². The molecule has 1 heterocycles. The zero-order chi connectivity index (χ0) is 17.4. The first-order valence-electron chi connectivity index (χ1n) is 7.74. The molecule has 0 aliphatic heterocycles. The second kappa shape index (κ2) is 9.54. The Labute approximate surface area is 150 Å². The minimum absolute atomic E-state index is 0.126. The summed E-state index contributed by atoms with van der Waals surface area (Å²) in [5.41, 5.74) is 2.42. The number of nitrogens with zero attached hydrogens (tertiary/aromatic N) is 1. The quantitative estimate of drug-likeness (QED) is 0.427. The average Bonchev–Trinajstić information content (AvgIpc) is 2.53. The van der Waals surface area contributed by atoms with Crippen molar-refractivity contribution in [1.29, 1.82) is 0 Å². The molecule has 7 heteroatoms. The van der Waals surface area contributed by atoms with Crippen LogP contribution in [0.3, 0.4) is 0 Å². The van der Waals surface area contributed by atoms with E-state index in [1.807, 2.05) is 31.2 Å². The lowest BCUT2D eigenvalue weighted by Gasteiger charge is -2.06. The minimum atomic E-state index is -0.182. The number of rotatable bonds is 8. The summed E-state index contributed by atoms with van der Waals surface area (Å²) in [5.74, 6) is 1.82. The van der Waals surface area contributed by atoms with Crippen LogP contribution in [0, 0.1) is 6.92 Å². The van der Waals surface area contributed by atoms with Gasteiger partial charge in [0.05, 0.1) is 11.4 Å². The number of carbonyl (C=O) groups excluding carboxylic acids is 1. The van der Waals surface area contributed by atoms with Crippen molar-refractivity contribution in [3.63, 3.8) is 0 Å². The molecule has 2 N–H and O–H groups in total. The Morgan fingerprint density at radius 1 is 1.33 bits per heavy atom. The summed E-state index contributed by atoms with van der Waals surface area (Å²) in [7, 11) is 0. The molecule has 128 valence electrons. The third-order valence-electron chi connectivity index (χ3n) is 3.01. The lowest BCUT2D eigenvalue weighted by Crippen LogP contribution is -2.15. The lowest BCUT2D eigenvalue weighted by molar-refractivity contribution is -0.113. The van der Waals surface area contributed by atoms with Gasteiger partial charge in [0.2, 0.25) is 5.91 Å². The van der Waals surface area contributed by atoms with E-state index in [9.17, 15) is 9.59 Å². The Bertz CT molecular complexity index is 747. The van der Waals surface area contributed by atoms with E-state index in [2.05, 4.69) is 22.2 Å². The molecule has 1 amide bonds. The molecule has 0 radical (unpaired) electrons. The number of aromatic amines is 1. The number of aryl methyl sites for hydroxylation is 1. The molecule has 0 aliphatic rings. The molecule has 0 unspecified atom stereocenters. The summed E-state index contributed by atoms with van der Waals surface area (Å²) in [5, 5.41) is 3.32. The summed E-state index contributed by atoms with van der Waals surface area (Å²) in [6, 6.07) is 9.14. The van der Waals surface area contributed by atoms with E-state index < -0.39 is 0 Å². The molecule has 0 aliphatic carbocycles. The fourth-order valence-corrected chi connectivity index (χ4v) is 3.49. The summed E-state index contributed by atoms with van der Waals surface area (Å²) in [6.45, 7) is 4.09. The number of carbonyl (C=O) groups is 1. The van der Waals surface area contributed by atoms with E-state index in [0.29, 0.717) is 10.9 Å². The third-order valence-corrected chi connectivity index (χ3v) is 5.08. The van der Waals surface area contributed by atoms with E-state index in [4.69, 9.17) is 0 Å². The molecule has 1 aromatic heterocycles. The first-order valence-corrected chi connectivity index (χ1v) is 9.88. The van der Waals surface area contributed by atoms with Crippen LogP contribution in [0.4, 0.5) is 5.69 Å². The second-order valence-electron chi connectivity index (χ2n) is 5.30. The Kier molecular flexibility index (Phi) is 7.39. The zero-order valence-electron chi connectivity index (χ0n) is 13.8. The largest absolute Gasteiger partial charge is 0.325 e. The molecule has 1 aromatic carbocycles. The first kappa shape index (κ1) is 18.6. The predicted octanol–water partition coefficient (Wildman–Crippen LogP) is 3.45. The maximum absolute atomic E-state index is 12.0. The van der Waals surface area contributed by atoms with Gasteiger partial charge in [-0.15, -0.1) is 0 Å². The fraction of sp³-hybridized carbons (Fsp3) is 0.353. The molecule has 0 bridgehead atoms. The number of amides is 1. The molecule has 2 aromatic rings. The SMILES string of the molecule is CCCSCc1cc(=O)[nH]c(SCC(=O)Nc2cccc(C)c2)n1. The van der Waals surface area contributed by atoms with Gasteiger partial charge in [-0.1, -0.05) is 30.8 Å². The van der Waals surface area contributed by atoms with Gasteiger partial charge in [0.25, 0.3) is 5.56 Å². The van der Waals surface area contributed by atoms with Crippen molar-refractivity contribution in [1.82, 2.24) is 9.97 Å². The van der Waals surface area contributed by atoms with Crippen LogP contribution >= 0.6 is 23.5 Å². The topological polar surface area (TPSA) is 74.8 Å². The fourth-order valence-electron chi connectivity index (χ4n) is 2.00. The highest BCUT2D eigenvalue weighted by Crippen LogP contribution is 2.16. The van der Waals surface area contributed by atoms with Crippen molar-refractivity contribution < 1.29 is 4.79 Å². The number of aromatic nitrogens is 2. The van der Waals surface area contributed by atoms with Crippen LogP contribution in [0.5, 0.6) is 0 Å². The van der Waals surface area contributed by atoms with Crippen LogP contribution in [0.2, 0.25) is 0 Å². The van der Waals surface area contributed by atoms with Crippen LogP contribution in [0.1, 0.15) is 24.6 Å². The van der Waals surface area contributed by atoms with Gasteiger partial charge >= 0.3 is 0 Å². The molecule has 0 atom stereocenters. The third kappa shape index (κ3) is 6.41. The lowest BCUT2D eigenvalue weighted by atomic mass is 10.2. The van der Waals surface area contributed by atoms with Crippen LogP contribution in [0.25, 0.3) is 0 Å². The molecule has 5 nitrogen and oxygen atoms in total. The summed E-state index contributed by atoms with van der Waals surface area (Å²) >= 11 is 2.98. The van der Waals surface area contributed by atoms with E-state index in [1.165, 1.54) is 17.8 Å². The molecular formula is C17H21N3O2S2. The van der Waals surface area contributed by atoms with Gasteiger partial charge in [-0.2, -0.15) is 11.8 Å². The number of benzene rings is 1. The number of nitrogens with one attached hydrogen (secondary N) is 2.